The van der Waals surface area contributed by atoms with Crippen LogP contribution in [0, 0.1) is 22.7 Å². The summed E-state index contributed by atoms with van der Waals surface area (Å²) in [7, 11) is -3.73. The van der Waals surface area contributed by atoms with E-state index in [1.54, 1.807) is 6.92 Å². The Morgan fingerprint density at radius 3 is 2.53 bits per heavy atom. The fourth-order valence-electron chi connectivity index (χ4n) is 1.61. The first-order chi connectivity index (χ1) is 8.97. The van der Waals surface area contributed by atoms with E-state index in [4.69, 9.17) is 16.3 Å². The molecule has 0 amide bonds. The minimum absolute atomic E-state index is 0.0358. The highest BCUT2D eigenvalue weighted by Crippen LogP contribution is 2.23. The van der Waals surface area contributed by atoms with Crippen LogP contribution in [0.2, 0.25) is 0 Å². The molecule has 0 aliphatic heterocycles. The van der Waals surface area contributed by atoms with Crippen molar-refractivity contribution in [2.75, 3.05) is 18.8 Å². The SMILES string of the molecule is CCN(CCC#N)S(=O)(=O)c1ccc(C#N)cc1N. The first-order valence-electron chi connectivity index (χ1n) is 5.64. The van der Waals surface area contributed by atoms with Gasteiger partial charge in [0.1, 0.15) is 4.90 Å². The monoisotopic (exact) mass is 278 g/mol. The van der Waals surface area contributed by atoms with Gasteiger partial charge in [-0.15, -0.1) is 0 Å². The number of nitrogens with two attached hydrogens (primary N) is 1. The van der Waals surface area contributed by atoms with Crippen molar-refractivity contribution < 1.29 is 8.42 Å². The molecule has 7 heteroatoms. The smallest absolute Gasteiger partial charge is 0.245 e. The largest absolute Gasteiger partial charge is 0.398 e. The Labute approximate surface area is 112 Å². The van der Waals surface area contributed by atoms with Crippen LogP contribution in [0.5, 0.6) is 0 Å². The Kier molecular flexibility index (Phi) is 4.87. The molecule has 0 heterocycles. The fourth-order valence-corrected chi connectivity index (χ4v) is 3.16. The zero-order valence-electron chi connectivity index (χ0n) is 10.5. The van der Waals surface area contributed by atoms with Gasteiger partial charge in [0.15, 0.2) is 0 Å². The lowest BCUT2D eigenvalue weighted by Gasteiger charge is -2.20. The zero-order valence-corrected chi connectivity index (χ0v) is 11.3. The van der Waals surface area contributed by atoms with E-state index in [2.05, 4.69) is 0 Å². The summed E-state index contributed by atoms with van der Waals surface area (Å²) in [5.41, 5.74) is 6.02. The van der Waals surface area contributed by atoms with Crippen molar-refractivity contribution in [3.63, 3.8) is 0 Å². The number of sulfonamides is 1. The van der Waals surface area contributed by atoms with Crippen molar-refractivity contribution in [3.05, 3.63) is 23.8 Å². The van der Waals surface area contributed by atoms with Crippen molar-refractivity contribution in [1.29, 1.82) is 10.5 Å². The van der Waals surface area contributed by atoms with Crippen LogP contribution in [-0.4, -0.2) is 25.8 Å². The van der Waals surface area contributed by atoms with Gasteiger partial charge in [0.2, 0.25) is 10.0 Å². The van der Waals surface area contributed by atoms with Crippen molar-refractivity contribution in [3.8, 4) is 12.1 Å². The minimum atomic E-state index is -3.73. The van der Waals surface area contributed by atoms with Gasteiger partial charge in [-0.1, -0.05) is 6.92 Å². The van der Waals surface area contributed by atoms with E-state index in [9.17, 15) is 8.42 Å². The van der Waals surface area contributed by atoms with E-state index in [0.29, 0.717) is 5.56 Å². The second-order valence-electron chi connectivity index (χ2n) is 3.77. The van der Waals surface area contributed by atoms with Gasteiger partial charge in [-0.05, 0) is 18.2 Å². The Bertz CT molecular complexity index is 641. The Morgan fingerprint density at radius 2 is 2.05 bits per heavy atom. The average molecular weight is 278 g/mol. The summed E-state index contributed by atoms with van der Waals surface area (Å²) >= 11 is 0. The van der Waals surface area contributed by atoms with E-state index < -0.39 is 10.0 Å². The van der Waals surface area contributed by atoms with Crippen molar-refractivity contribution in [2.24, 2.45) is 0 Å². The molecule has 0 saturated carbocycles. The van der Waals surface area contributed by atoms with Crippen LogP contribution in [0.15, 0.2) is 23.1 Å². The molecule has 1 aromatic carbocycles. The molecule has 0 bridgehead atoms. The number of rotatable bonds is 5. The summed E-state index contributed by atoms with van der Waals surface area (Å²) < 4.78 is 25.9. The molecule has 0 fully saturated rings. The summed E-state index contributed by atoms with van der Waals surface area (Å²) in [4.78, 5) is -0.0358. The van der Waals surface area contributed by atoms with E-state index in [1.165, 1.54) is 22.5 Å². The lowest BCUT2D eigenvalue weighted by molar-refractivity contribution is 0.435. The third kappa shape index (κ3) is 3.22. The molecule has 0 radical (unpaired) electrons. The maximum atomic E-state index is 12.3. The molecule has 19 heavy (non-hydrogen) atoms. The predicted molar refractivity (Wildman–Crippen MR) is 70.2 cm³/mol. The maximum absolute atomic E-state index is 12.3. The van der Waals surface area contributed by atoms with Gasteiger partial charge >= 0.3 is 0 Å². The van der Waals surface area contributed by atoms with E-state index in [0.717, 1.165) is 0 Å². The van der Waals surface area contributed by atoms with Crippen LogP contribution in [0.1, 0.15) is 18.9 Å². The predicted octanol–water partition coefficient (Wildman–Crippen LogP) is 1.06. The molecule has 0 aliphatic rings. The van der Waals surface area contributed by atoms with Gasteiger partial charge in [-0.2, -0.15) is 14.8 Å². The van der Waals surface area contributed by atoms with Crippen LogP contribution >= 0.6 is 0 Å². The third-order valence-electron chi connectivity index (χ3n) is 2.58. The molecule has 100 valence electrons. The van der Waals surface area contributed by atoms with Crippen molar-refractivity contribution in [2.45, 2.75) is 18.2 Å². The molecule has 0 spiro atoms. The number of hydrogen-bond acceptors (Lipinski definition) is 5. The summed E-state index contributed by atoms with van der Waals surface area (Å²) in [6.07, 6.45) is 0.114. The second kappa shape index (κ2) is 6.19. The fraction of sp³-hybridized carbons (Fsp3) is 0.333. The third-order valence-corrected chi connectivity index (χ3v) is 4.63. The topological polar surface area (TPSA) is 111 Å². The highest BCUT2D eigenvalue weighted by molar-refractivity contribution is 7.89. The summed E-state index contributed by atoms with van der Waals surface area (Å²) in [6, 6.07) is 7.85. The van der Waals surface area contributed by atoms with Crippen molar-refractivity contribution in [1.82, 2.24) is 4.31 Å². The molecule has 0 aliphatic carbocycles. The maximum Gasteiger partial charge on any atom is 0.245 e. The molecule has 2 N–H and O–H groups in total. The number of anilines is 1. The molecule has 0 saturated heterocycles. The second-order valence-corrected chi connectivity index (χ2v) is 5.68. The zero-order chi connectivity index (χ0) is 14.5. The van der Waals surface area contributed by atoms with Gasteiger partial charge in [-0.25, -0.2) is 8.42 Å². The molecular weight excluding hydrogens is 264 g/mol. The lowest BCUT2D eigenvalue weighted by atomic mass is 10.2. The molecule has 0 unspecified atom stereocenters. The number of nitrogens with zero attached hydrogens (tertiary/aromatic N) is 3. The molecule has 1 rings (SSSR count). The quantitative estimate of drug-likeness (QED) is 0.809. The Balaban J connectivity index is 3.20. The average Bonchev–Trinajstić information content (AvgIpc) is 2.38. The van der Waals surface area contributed by atoms with E-state index in [1.807, 2.05) is 12.1 Å². The van der Waals surface area contributed by atoms with E-state index in [-0.39, 0.29) is 30.1 Å². The Hall–Kier alpha value is -2.09. The van der Waals surface area contributed by atoms with Gasteiger partial charge in [0.05, 0.1) is 23.4 Å². The lowest BCUT2D eigenvalue weighted by Crippen LogP contribution is -2.32. The normalized spacial score (nSPS) is 10.9. The molecule has 6 nitrogen and oxygen atoms in total. The van der Waals surface area contributed by atoms with Crippen LogP contribution in [0.4, 0.5) is 5.69 Å². The van der Waals surface area contributed by atoms with Crippen LogP contribution < -0.4 is 5.73 Å². The van der Waals surface area contributed by atoms with Crippen LogP contribution in [0.25, 0.3) is 0 Å². The highest BCUT2D eigenvalue weighted by Gasteiger charge is 2.24. The number of hydrogen-bond donors (Lipinski definition) is 1. The summed E-state index contributed by atoms with van der Waals surface area (Å²) in [5, 5.41) is 17.3. The Morgan fingerprint density at radius 1 is 1.37 bits per heavy atom. The number of nitrogen functional groups attached to an aromatic ring is 1. The van der Waals surface area contributed by atoms with Gasteiger partial charge in [-0.3, -0.25) is 0 Å². The minimum Gasteiger partial charge on any atom is -0.398 e. The summed E-state index contributed by atoms with van der Waals surface area (Å²) in [6.45, 7) is 2.06. The molecular formula is C12H14N4O2S. The molecule has 0 aromatic heterocycles. The van der Waals surface area contributed by atoms with Gasteiger partial charge in [0.25, 0.3) is 0 Å². The highest BCUT2D eigenvalue weighted by atomic mass is 32.2. The van der Waals surface area contributed by atoms with Crippen molar-refractivity contribution >= 4 is 15.7 Å². The van der Waals surface area contributed by atoms with Gasteiger partial charge in [0, 0.05) is 19.5 Å². The standard InChI is InChI=1S/C12H14N4O2S/c1-2-16(7-3-6-13)19(17,18)12-5-4-10(9-14)8-11(12)15/h4-5,8H,2-3,7,15H2,1H3. The first kappa shape index (κ1) is 15.0. The van der Waals surface area contributed by atoms with Crippen LogP contribution in [0.3, 0.4) is 0 Å². The number of benzene rings is 1. The first-order valence-corrected chi connectivity index (χ1v) is 7.08. The van der Waals surface area contributed by atoms with Gasteiger partial charge < -0.3 is 5.73 Å². The van der Waals surface area contributed by atoms with Crippen LogP contribution in [-0.2, 0) is 10.0 Å². The summed E-state index contributed by atoms with van der Waals surface area (Å²) in [5.74, 6) is 0. The van der Waals surface area contributed by atoms with E-state index >= 15 is 0 Å². The molecule has 0 atom stereocenters. The number of nitriles is 2. The molecule has 1 aromatic rings.